The number of methoxy groups -OCH3 is 4. The van der Waals surface area contributed by atoms with Crippen molar-refractivity contribution in [3.63, 3.8) is 0 Å². The molecule has 2 aromatic carbocycles. The number of ether oxygens (including phenoxy) is 4. The van der Waals surface area contributed by atoms with Gasteiger partial charge in [-0.05, 0) is 25.1 Å². The predicted molar refractivity (Wildman–Crippen MR) is 123 cm³/mol. The lowest BCUT2D eigenvalue weighted by Crippen LogP contribution is -2.41. The zero-order valence-corrected chi connectivity index (χ0v) is 20.3. The summed E-state index contributed by atoms with van der Waals surface area (Å²) in [4.78, 5) is 12.8. The van der Waals surface area contributed by atoms with Crippen molar-refractivity contribution in [1.82, 2.24) is 5.32 Å². The number of nitrogens with one attached hydrogen (secondary N) is 1. The van der Waals surface area contributed by atoms with Gasteiger partial charge in [-0.2, -0.15) is 0 Å². The van der Waals surface area contributed by atoms with Crippen LogP contribution in [0.3, 0.4) is 0 Å². The van der Waals surface area contributed by atoms with Gasteiger partial charge in [-0.25, -0.2) is 8.42 Å². The van der Waals surface area contributed by atoms with Gasteiger partial charge in [0.2, 0.25) is 15.9 Å². The third kappa shape index (κ3) is 5.89. The van der Waals surface area contributed by atoms with Crippen molar-refractivity contribution in [3.8, 4) is 23.0 Å². The molecule has 0 aliphatic carbocycles. The Morgan fingerprint density at radius 3 is 2.16 bits per heavy atom. The minimum atomic E-state index is -3.86. The van der Waals surface area contributed by atoms with E-state index in [1.54, 1.807) is 25.1 Å². The lowest BCUT2D eigenvalue weighted by molar-refractivity contribution is -0.120. The lowest BCUT2D eigenvalue weighted by Gasteiger charge is -2.26. The molecule has 0 bridgehead atoms. The monoisotopic (exact) mass is 486 g/mol. The highest BCUT2D eigenvalue weighted by Gasteiger charge is 2.27. The van der Waals surface area contributed by atoms with E-state index in [0.29, 0.717) is 17.1 Å². The molecule has 0 fully saturated rings. The molecule has 1 atom stereocenters. The summed E-state index contributed by atoms with van der Waals surface area (Å²) in [5, 5.41) is 3.03. The molecular weight excluding hydrogens is 460 g/mol. The number of anilines is 1. The van der Waals surface area contributed by atoms with Gasteiger partial charge >= 0.3 is 0 Å². The van der Waals surface area contributed by atoms with Crippen LogP contribution in [0.15, 0.2) is 30.3 Å². The van der Waals surface area contributed by atoms with Crippen LogP contribution in [0, 0.1) is 0 Å². The molecule has 0 aromatic heterocycles. The fourth-order valence-electron chi connectivity index (χ4n) is 3.09. The fraction of sp³-hybridized carbons (Fsp3) is 0.381. The molecular formula is C21H27ClN2O7S. The van der Waals surface area contributed by atoms with E-state index >= 15 is 0 Å². The van der Waals surface area contributed by atoms with Crippen molar-refractivity contribution in [2.24, 2.45) is 0 Å². The normalized spacial score (nSPS) is 12.0. The summed E-state index contributed by atoms with van der Waals surface area (Å²) in [5.41, 5.74) is 0.801. The molecule has 9 nitrogen and oxygen atoms in total. The van der Waals surface area contributed by atoms with Crippen molar-refractivity contribution in [2.75, 3.05) is 45.5 Å². The molecule has 0 radical (unpaired) electrons. The molecule has 32 heavy (non-hydrogen) atoms. The lowest BCUT2D eigenvalue weighted by atomic mass is 10.1. The van der Waals surface area contributed by atoms with Crippen molar-refractivity contribution >= 4 is 33.2 Å². The van der Waals surface area contributed by atoms with Crippen LogP contribution in [0.1, 0.15) is 18.5 Å². The average molecular weight is 487 g/mol. The van der Waals surface area contributed by atoms with Gasteiger partial charge in [-0.1, -0.05) is 11.6 Å². The summed E-state index contributed by atoms with van der Waals surface area (Å²) in [5.74, 6) is 1.03. The molecule has 0 saturated heterocycles. The zero-order chi connectivity index (χ0) is 24.1. The first-order valence-electron chi connectivity index (χ1n) is 9.46. The van der Waals surface area contributed by atoms with E-state index in [1.165, 1.54) is 40.6 Å². The fourth-order valence-corrected chi connectivity index (χ4v) is 4.18. The second-order valence-electron chi connectivity index (χ2n) is 6.83. The number of amides is 1. The van der Waals surface area contributed by atoms with Crippen molar-refractivity contribution < 1.29 is 32.2 Å². The third-order valence-electron chi connectivity index (χ3n) is 4.69. The summed E-state index contributed by atoms with van der Waals surface area (Å²) in [6.07, 6.45) is 0.995. The number of hydrogen-bond acceptors (Lipinski definition) is 7. The zero-order valence-electron chi connectivity index (χ0n) is 18.8. The van der Waals surface area contributed by atoms with Crippen LogP contribution < -0.4 is 28.6 Å². The Morgan fingerprint density at radius 2 is 1.62 bits per heavy atom. The quantitative estimate of drug-likeness (QED) is 0.550. The van der Waals surface area contributed by atoms with E-state index in [2.05, 4.69) is 5.32 Å². The number of rotatable bonds is 10. The number of hydrogen-bond donors (Lipinski definition) is 1. The molecule has 1 amide bonds. The maximum atomic E-state index is 12.8. The number of carbonyl (C=O) groups excluding carboxylic acids is 1. The first-order chi connectivity index (χ1) is 15.0. The van der Waals surface area contributed by atoms with Crippen molar-refractivity contribution in [1.29, 1.82) is 0 Å². The Balaban J connectivity index is 2.35. The Kier molecular flexibility index (Phi) is 8.45. The van der Waals surface area contributed by atoms with E-state index in [1.807, 2.05) is 0 Å². The van der Waals surface area contributed by atoms with Gasteiger partial charge in [0, 0.05) is 17.7 Å². The number of benzene rings is 2. The van der Waals surface area contributed by atoms with Gasteiger partial charge in [0.05, 0.1) is 51.4 Å². The first-order valence-corrected chi connectivity index (χ1v) is 11.7. The van der Waals surface area contributed by atoms with Crippen molar-refractivity contribution in [2.45, 2.75) is 13.0 Å². The minimum absolute atomic E-state index is 0.123. The smallest absolute Gasteiger partial charge is 0.241 e. The molecule has 2 rings (SSSR count). The van der Waals surface area contributed by atoms with E-state index < -0.39 is 28.5 Å². The third-order valence-corrected chi connectivity index (χ3v) is 6.11. The van der Waals surface area contributed by atoms with Gasteiger partial charge in [0.15, 0.2) is 0 Å². The van der Waals surface area contributed by atoms with Gasteiger partial charge in [0.1, 0.15) is 29.5 Å². The molecule has 0 aliphatic heterocycles. The molecule has 1 N–H and O–H groups in total. The molecule has 2 aromatic rings. The molecule has 0 heterocycles. The van der Waals surface area contributed by atoms with E-state index in [0.717, 1.165) is 10.6 Å². The van der Waals surface area contributed by atoms with Crippen LogP contribution in [0.5, 0.6) is 23.0 Å². The Labute approximate surface area is 193 Å². The number of carbonyl (C=O) groups is 1. The first kappa shape index (κ1) is 25.4. The summed E-state index contributed by atoms with van der Waals surface area (Å²) >= 11 is 6.12. The predicted octanol–water partition coefficient (Wildman–Crippen LogP) is 3.02. The number of sulfonamides is 1. The summed E-state index contributed by atoms with van der Waals surface area (Å²) in [6, 6.07) is 7.55. The van der Waals surface area contributed by atoms with Gasteiger partial charge < -0.3 is 24.3 Å². The van der Waals surface area contributed by atoms with Gasteiger partial charge in [-0.3, -0.25) is 9.10 Å². The van der Waals surface area contributed by atoms with Crippen LogP contribution in [0.25, 0.3) is 0 Å². The Morgan fingerprint density at radius 1 is 1.00 bits per heavy atom. The largest absolute Gasteiger partial charge is 0.497 e. The van der Waals surface area contributed by atoms with Crippen LogP contribution in [0.2, 0.25) is 5.02 Å². The maximum Gasteiger partial charge on any atom is 0.241 e. The van der Waals surface area contributed by atoms with Crippen molar-refractivity contribution in [3.05, 3.63) is 40.9 Å². The molecule has 11 heteroatoms. The molecule has 0 aliphatic rings. The van der Waals surface area contributed by atoms with Crippen LogP contribution in [-0.4, -0.2) is 55.6 Å². The average Bonchev–Trinajstić information content (AvgIpc) is 2.76. The van der Waals surface area contributed by atoms with Crippen LogP contribution in [-0.2, 0) is 14.8 Å². The molecule has 0 unspecified atom stereocenters. The van der Waals surface area contributed by atoms with Crippen LogP contribution in [0.4, 0.5) is 5.69 Å². The minimum Gasteiger partial charge on any atom is -0.497 e. The summed E-state index contributed by atoms with van der Waals surface area (Å²) in [6.45, 7) is 1.27. The Bertz CT molecular complexity index is 1080. The second-order valence-corrected chi connectivity index (χ2v) is 9.14. The molecule has 0 spiro atoms. The maximum absolute atomic E-state index is 12.8. The van der Waals surface area contributed by atoms with Gasteiger partial charge in [0.25, 0.3) is 0 Å². The molecule has 176 valence electrons. The standard InChI is InChI=1S/C21H27ClN2O7S/c1-13(15-9-14(28-2)7-8-18(15)29-3)23-21(25)12-24(32(6,26)27)17-11-19(30-4)16(22)10-20(17)31-5/h7-11,13H,12H2,1-6H3,(H,23,25)/t13-/m1/s1. The summed E-state index contributed by atoms with van der Waals surface area (Å²) in [7, 11) is 1.97. The SMILES string of the molecule is COc1ccc(OC)c([C@@H](C)NC(=O)CN(c2cc(OC)c(Cl)cc2OC)S(C)(=O)=O)c1. The highest BCUT2D eigenvalue weighted by atomic mass is 35.5. The van der Waals surface area contributed by atoms with E-state index in [9.17, 15) is 13.2 Å². The topological polar surface area (TPSA) is 103 Å². The number of nitrogens with zero attached hydrogens (tertiary/aromatic N) is 1. The second kappa shape index (κ2) is 10.6. The van der Waals surface area contributed by atoms with Gasteiger partial charge in [-0.15, -0.1) is 0 Å². The van der Waals surface area contributed by atoms with E-state index in [4.69, 9.17) is 30.5 Å². The van der Waals surface area contributed by atoms with E-state index in [-0.39, 0.29) is 22.2 Å². The summed E-state index contributed by atoms with van der Waals surface area (Å²) < 4.78 is 47.1. The number of halogens is 1. The highest BCUT2D eigenvalue weighted by Crippen LogP contribution is 2.39. The Hall–Kier alpha value is -2.85. The highest BCUT2D eigenvalue weighted by molar-refractivity contribution is 7.92. The van der Waals surface area contributed by atoms with Crippen LogP contribution >= 0.6 is 11.6 Å². The molecule has 0 saturated carbocycles.